The van der Waals surface area contributed by atoms with E-state index in [9.17, 15) is 9.18 Å². The smallest absolute Gasteiger partial charge is 0.215 e. The molecule has 0 unspecified atom stereocenters. The zero-order valence-electron chi connectivity index (χ0n) is 24.1. The van der Waals surface area contributed by atoms with Gasteiger partial charge in [-0.05, 0) is 62.6 Å². The maximum Gasteiger partial charge on any atom is 0.215 e. The summed E-state index contributed by atoms with van der Waals surface area (Å²) < 4.78 is 28.2. The third-order valence-corrected chi connectivity index (χ3v) is 8.98. The first-order valence-electron chi connectivity index (χ1n) is 14.9. The van der Waals surface area contributed by atoms with Crippen LogP contribution in [0.4, 0.5) is 10.2 Å². The summed E-state index contributed by atoms with van der Waals surface area (Å²) in [5.41, 5.74) is 3.25. The number of rotatable bonds is 9. The number of hydrogen-bond donors (Lipinski definition) is 0. The Bertz CT molecular complexity index is 1730. The van der Waals surface area contributed by atoms with Gasteiger partial charge in [0.2, 0.25) is 5.88 Å². The lowest BCUT2D eigenvalue weighted by Crippen LogP contribution is -2.41. The number of Topliss-reactive ketones (excluding diaryl/α,β-unsaturated/α-hetero) is 1. The fourth-order valence-electron chi connectivity index (χ4n) is 6.48. The minimum Gasteiger partial charge on any atom is -0.473 e. The van der Waals surface area contributed by atoms with Gasteiger partial charge < -0.3 is 18.9 Å². The second-order valence-electron chi connectivity index (χ2n) is 11.7. The van der Waals surface area contributed by atoms with E-state index in [0.717, 1.165) is 74.7 Å². The monoisotopic (exact) mass is 580 g/mol. The molecule has 0 aliphatic carbocycles. The summed E-state index contributed by atoms with van der Waals surface area (Å²) in [5, 5.41) is 8.98. The largest absolute Gasteiger partial charge is 0.473 e. The van der Waals surface area contributed by atoms with Crippen LogP contribution >= 0.6 is 0 Å². The first-order chi connectivity index (χ1) is 20.9. The van der Waals surface area contributed by atoms with Crippen molar-refractivity contribution in [2.24, 2.45) is 0 Å². The number of ether oxygens (including phenoxy) is 2. The number of anilines is 1. The van der Waals surface area contributed by atoms with Crippen molar-refractivity contribution < 1.29 is 18.7 Å². The van der Waals surface area contributed by atoms with Gasteiger partial charge in [-0.3, -0.25) is 9.69 Å². The van der Waals surface area contributed by atoms with Gasteiger partial charge in [-0.25, -0.2) is 9.37 Å². The van der Waals surface area contributed by atoms with E-state index < -0.39 is 5.82 Å². The van der Waals surface area contributed by atoms with Crippen LogP contribution in [0.25, 0.3) is 11.0 Å². The number of ketones is 1. The van der Waals surface area contributed by atoms with Crippen LogP contribution in [0.3, 0.4) is 0 Å². The van der Waals surface area contributed by atoms with Crippen LogP contribution in [0.15, 0.2) is 54.6 Å². The molecule has 3 saturated heterocycles. The fraction of sp³-hybridized carbons (Fsp3) is 0.394. The quantitative estimate of drug-likeness (QED) is 0.259. The number of nitrogens with zero attached hydrogens (tertiary/aromatic N) is 6. The molecule has 3 fully saturated rings. The number of aromatic nitrogens is 3. The van der Waals surface area contributed by atoms with Gasteiger partial charge in [-0.1, -0.05) is 12.1 Å². The summed E-state index contributed by atoms with van der Waals surface area (Å²) in [5.74, 6) is 1.90. The summed E-state index contributed by atoms with van der Waals surface area (Å²) in [6, 6.07) is 18.6. The van der Waals surface area contributed by atoms with Gasteiger partial charge in [0, 0.05) is 49.0 Å². The Morgan fingerprint density at radius 2 is 2.02 bits per heavy atom. The standard InChI is InChI=1S/C33H33FN6O3/c1-21(41)23-7-8-29-30(14-23)40(18-27-10-12-42-27)32(36-29)19-38-11-9-25-15-26(38)17-39(25)31-3-2-4-33(37-31)43-20-24-6-5-22(16-35)13-28(24)34/h2-8,13-14,25-27H,9-12,15,17-20H2,1H3/t25-,26+,27+/m1/s1. The first kappa shape index (κ1) is 27.5. The topological polar surface area (TPSA) is 96.5 Å². The minimum absolute atomic E-state index is 0.0363. The fourth-order valence-corrected chi connectivity index (χ4v) is 6.48. The molecule has 9 nitrogen and oxygen atoms in total. The molecule has 3 aliphatic heterocycles. The zero-order chi connectivity index (χ0) is 29.5. The molecule has 7 rings (SSSR count). The lowest BCUT2D eigenvalue weighted by Gasteiger charge is -2.33. The molecule has 0 saturated carbocycles. The number of halogens is 1. The second-order valence-corrected chi connectivity index (χ2v) is 11.7. The Morgan fingerprint density at radius 3 is 2.79 bits per heavy atom. The van der Waals surface area contributed by atoms with Crippen LogP contribution in [0.2, 0.25) is 0 Å². The molecule has 2 aromatic heterocycles. The number of hydrogen-bond acceptors (Lipinski definition) is 8. The molecule has 0 N–H and O–H groups in total. The number of benzene rings is 2. The molecule has 5 heterocycles. The van der Waals surface area contributed by atoms with Gasteiger partial charge in [0.25, 0.3) is 0 Å². The van der Waals surface area contributed by atoms with Gasteiger partial charge in [0.1, 0.15) is 24.1 Å². The number of likely N-dealkylation sites (tertiary alicyclic amines) is 1. The molecule has 2 bridgehead atoms. The highest BCUT2D eigenvalue weighted by molar-refractivity contribution is 5.97. The van der Waals surface area contributed by atoms with Crippen LogP contribution in [-0.2, 0) is 24.4 Å². The Balaban J connectivity index is 1.06. The lowest BCUT2D eigenvalue weighted by molar-refractivity contribution is -0.0592. The number of piperidine rings is 1. The van der Waals surface area contributed by atoms with Gasteiger partial charge in [0.05, 0.1) is 41.9 Å². The highest BCUT2D eigenvalue weighted by Crippen LogP contribution is 2.35. The molecule has 0 amide bonds. The average molecular weight is 581 g/mol. The normalized spacial score (nSPS) is 21.5. The maximum absolute atomic E-state index is 14.3. The van der Waals surface area contributed by atoms with Crippen LogP contribution in [0, 0.1) is 17.1 Å². The predicted molar refractivity (Wildman–Crippen MR) is 158 cm³/mol. The van der Waals surface area contributed by atoms with Crippen molar-refractivity contribution in [1.82, 2.24) is 19.4 Å². The van der Waals surface area contributed by atoms with Crippen molar-refractivity contribution in [3.8, 4) is 11.9 Å². The van der Waals surface area contributed by atoms with Crippen LogP contribution in [0.5, 0.6) is 5.88 Å². The Kier molecular flexibility index (Phi) is 7.29. The molecular formula is C33H33FN6O3. The van der Waals surface area contributed by atoms with E-state index in [4.69, 9.17) is 24.7 Å². The molecular weight excluding hydrogens is 547 g/mol. The lowest BCUT2D eigenvalue weighted by atomic mass is 10.0. The minimum atomic E-state index is -0.461. The summed E-state index contributed by atoms with van der Waals surface area (Å²) >= 11 is 0. The van der Waals surface area contributed by atoms with Crippen molar-refractivity contribution in [3.63, 3.8) is 0 Å². The Hall–Kier alpha value is -4.33. The van der Waals surface area contributed by atoms with Crippen LogP contribution < -0.4 is 9.64 Å². The zero-order valence-corrected chi connectivity index (χ0v) is 24.1. The summed E-state index contributed by atoms with van der Waals surface area (Å²) in [6.45, 7) is 5.71. The summed E-state index contributed by atoms with van der Waals surface area (Å²) in [4.78, 5) is 26.8. The van der Waals surface area contributed by atoms with Gasteiger partial charge in [-0.15, -0.1) is 0 Å². The van der Waals surface area contributed by atoms with Crippen molar-refractivity contribution in [2.45, 2.75) is 64.1 Å². The number of carbonyl (C=O) groups excluding carboxylic acids is 1. The molecule has 3 atom stereocenters. The van der Waals surface area contributed by atoms with Gasteiger partial charge in [-0.2, -0.15) is 10.2 Å². The molecule has 0 radical (unpaired) electrons. The molecule has 3 aliphatic rings. The van der Waals surface area contributed by atoms with E-state index in [1.165, 1.54) is 6.07 Å². The van der Waals surface area contributed by atoms with Crippen molar-refractivity contribution in [1.29, 1.82) is 5.26 Å². The number of fused-ring (bicyclic) bond motifs is 3. The van der Waals surface area contributed by atoms with Crippen molar-refractivity contribution >= 4 is 22.6 Å². The molecule has 43 heavy (non-hydrogen) atoms. The molecule has 220 valence electrons. The van der Waals surface area contributed by atoms with E-state index in [1.807, 2.05) is 36.4 Å². The van der Waals surface area contributed by atoms with Gasteiger partial charge >= 0.3 is 0 Å². The van der Waals surface area contributed by atoms with Crippen LogP contribution in [0.1, 0.15) is 53.5 Å². The second kappa shape index (κ2) is 11.4. The van der Waals surface area contributed by atoms with E-state index in [2.05, 4.69) is 14.4 Å². The van der Waals surface area contributed by atoms with E-state index in [-0.39, 0.29) is 24.1 Å². The third kappa shape index (κ3) is 5.46. The van der Waals surface area contributed by atoms with E-state index in [1.54, 1.807) is 25.1 Å². The molecule has 0 spiro atoms. The maximum atomic E-state index is 14.3. The molecule has 10 heteroatoms. The predicted octanol–water partition coefficient (Wildman–Crippen LogP) is 4.87. The van der Waals surface area contributed by atoms with Crippen LogP contribution in [-0.4, -0.2) is 63.1 Å². The SMILES string of the molecule is CC(=O)c1ccc2nc(CN3CC[C@@H]4C[C@H]3CN4c3cccc(OCc4ccc(C#N)cc4F)n3)n(C[C@@H]3CCO3)c2c1. The summed E-state index contributed by atoms with van der Waals surface area (Å²) in [7, 11) is 0. The highest BCUT2D eigenvalue weighted by atomic mass is 19.1. The number of carbonyl (C=O) groups is 1. The molecule has 4 aromatic rings. The Labute approximate surface area is 249 Å². The van der Waals surface area contributed by atoms with Gasteiger partial charge in [0.15, 0.2) is 5.78 Å². The summed E-state index contributed by atoms with van der Waals surface area (Å²) in [6.07, 6.45) is 3.27. The third-order valence-electron chi connectivity index (χ3n) is 8.98. The van der Waals surface area contributed by atoms with Crippen molar-refractivity contribution in [2.75, 3.05) is 24.6 Å². The first-order valence-corrected chi connectivity index (χ1v) is 14.9. The Morgan fingerprint density at radius 1 is 1.14 bits per heavy atom. The molecule has 2 aromatic carbocycles. The number of pyridine rings is 1. The number of imidazole rings is 1. The van der Waals surface area contributed by atoms with E-state index in [0.29, 0.717) is 29.1 Å². The van der Waals surface area contributed by atoms with E-state index >= 15 is 0 Å². The van der Waals surface area contributed by atoms with Crippen molar-refractivity contribution in [3.05, 3.63) is 82.9 Å². The average Bonchev–Trinajstić information content (AvgIpc) is 3.52. The number of nitriles is 1. The highest BCUT2D eigenvalue weighted by Gasteiger charge is 2.40.